The summed E-state index contributed by atoms with van der Waals surface area (Å²) < 4.78 is 10.1. The maximum atomic E-state index is 11.2. The highest BCUT2D eigenvalue weighted by atomic mass is 16.5. The molecular weight excluding hydrogens is 196 g/mol. The maximum absolute atomic E-state index is 11.2. The predicted octanol–water partition coefficient (Wildman–Crippen LogP) is -0.107. The quantitative estimate of drug-likeness (QED) is 0.530. The van der Waals surface area contributed by atoms with Crippen molar-refractivity contribution in [3.63, 3.8) is 0 Å². The van der Waals surface area contributed by atoms with Gasteiger partial charge in [-0.25, -0.2) is 0 Å². The van der Waals surface area contributed by atoms with Gasteiger partial charge in [-0.15, -0.1) is 0 Å². The molecule has 0 bridgehead atoms. The molecule has 0 radical (unpaired) electrons. The average Bonchev–Trinajstić information content (AvgIpc) is 2.21. The highest BCUT2D eigenvalue weighted by molar-refractivity contribution is 5.84. The Morgan fingerprint density at radius 3 is 2.60 bits per heavy atom. The molecule has 90 valence electrons. The van der Waals surface area contributed by atoms with E-state index in [9.17, 15) is 4.79 Å². The minimum Gasteiger partial charge on any atom is -0.382 e. The lowest BCUT2D eigenvalue weighted by Crippen LogP contribution is -2.56. The van der Waals surface area contributed by atoms with Gasteiger partial charge < -0.3 is 20.5 Å². The lowest BCUT2D eigenvalue weighted by atomic mass is 10.0. The van der Waals surface area contributed by atoms with Crippen molar-refractivity contribution in [2.24, 2.45) is 5.73 Å². The average molecular weight is 218 g/mol. The van der Waals surface area contributed by atoms with Gasteiger partial charge in [0, 0.05) is 7.11 Å². The standard InChI is InChI=1S/C10H22N2O3/c1-4-5-12-10(2,9(11)13)8-15-7-6-14-3/h12H,4-8H2,1-3H3,(H2,11,13). The first-order valence-corrected chi connectivity index (χ1v) is 5.18. The summed E-state index contributed by atoms with van der Waals surface area (Å²) in [7, 11) is 1.60. The van der Waals surface area contributed by atoms with Crippen LogP contribution in [0.15, 0.2) is 0 Å². The van der Waals surface area contributed by atoms with E-state index in [2.05, 4.69) is 5.32 Å². The molecular formula is C10H22N2O3. The highest BCUT2D eigenvalue weighted by Crippen LogP contribution is 2.03. The lowest BCUT2D eigenvalue weighted by molar-refractivity contribution is -0.126. The monoisotopic (exact) mass is 218 g/mol. The number of methoxy groups -OCH3 is 1. The van der Waals surface area contributed by atoms with Crippen LogP contribution < -0.4 is 11.1 Å². The van der Waals surface area contributed by atoms with E-state index in [4.69, 9.17) is 15.2 Å². The van der Waals surface area contributed by atoms with E-state index in [1.54, 1.807) is 14.0 Å². The summed E-state index contributed by atoms with van der Waals surface area (Å²) in [6.07, 6.45) is 0.945. The zero-order chi connectivity index (χ0) is 11.7. The Labute approximate surface area is 91.3 Å². The van der Waals surface area contributed by atoms with Gasteiger partial charge in [-0.05, 0) is 19.9 Å². The Kier molecular flexibility index (Phi) is 7.29. The fourth-order valence-corrected chi connectivity index (χ4v) is 1.03. The molecule has 3 N–H and O–H groups in total. The molecule has 5 heteroatoms. The van der Waals surface area contributed by atoms with E-state index in [-0.39, 0.29) is 6.61 Å². The van der Waals surface area contributed by atoms with E-state index in [1.807, 2.05) is 6.92 Å². The number of rotatable bonds is 9. The molecule has 0 aromatic heterocycles. The number of hydrogen-bond donors (Lipinski definition) is 2. The Balaban J connectivity index is 3.96. The second kappa shape index (κ2) is 7.62. The van der Waals surface area contributed by atoms with E-state index in [0.717, 1.165) is 13.0 Å². The fraction of sp³-hybridized carbons (Fsp3) is 0.900. The molecule has 0 saturated carbocycles. The third-order valence-corrected chi connectivity index (χ3v) is 2.13. The number of primary amides is 1. The van der Waals surface area contributed by atoms with Crippen molar-refractivity contribution in [3.05, 3.63) is 0 Å². The second-order valence-corrected chi connectivity index (χ2v) is 3.67. The Morgan fingerprint density at radius 2 is 2.13 bits per heavy atom. The minimum atomic E-state index is -0.788. The third kappa shape index (κ3) is 5.71. The predicted molar refractivity (Wildman–Crippen MR) is 58.6 cm³/mol. The molecule has 0 saturated heterocycles. The van der Waals surface area contributed by atoms with Crippen LogP contribution in [0.1, 0.15) is 20.3 Å². The first-order chi connectivity index (χ1) is 7.06. The molecule has 0 aromatic carbocycles. The van der Waals surface area contributed by atoms with Crippen LogP contribution in [0.3, 0.4) is 0 Å². The van der Waals surface area contributed by atoms with Gasteiger partial charge in [0.05, 0.1) is 19.8 Å². The smallest absolute Gasteiger partial charge is 0.239 e. The first kappa shape index (κ1) is 14.3. The summed E-state index contributed by atoms with van der Waals surface area (Å²) in [4.78, 5) is 11.2. The van der Waals surface area contributed by atoms with Crippen molar-refractivity contribution in [2.45, 2.75) is 25.8 Å². The number of hydrogen-bond acceptors (Lipinski definition) is 4. The van der Waals surface area contributed by atoms with Gasteiger partial charge in [-0.2, -0.15) is 0 Å². The second-order valence-electron chi connectivity index (χ2n) is 3.67. The van der Waals surface area contributed by atoms with Crippen LogP contribution in [0.4, 0.5) is 0 Å². The van der Waals surface area contributed by atoms with Crippen molar-refractivity contribution in [3.8, 4) is 0 Å². The number of nitrogens with two attached hydrogens (primary N) is 1. The van der Waals surface area contributed by atoms with Crippen LogP contribution in [0.5, 0.6) is 0 Å². The number of nitrogens with one attached hydrogen (secondary N) is 1. The molecule has 5 nitrogen and oxygen atoms in total. The summed E-state index contributed by atoms with van der Waals surface area (Å²) in [5.41, 5.74) is 4.53. The number of ether oxygens (including phenoxy) is 2. The molecule has 0 aliphatic heterocycles. The molecule has 0 rings (SSSR count). The topological polar surface area (TPSA) is 73.6 Å². The lowest BCUT2D eigenvalue weighted by Gasteiger charge is -2.27. The summed E-state index contributed by atoms with van der Waals surface area (Å²) in [5.74, 6) is -0.395. The number of carbonyl (C=O) groups excluding carboxylic acids is 1. The molecule has 0 heterocycles. The van der Waals surface area contributed by atoms with Gasteiger partial charge in [-0.1, -0.05) is 6.92 Å². The van der Waals surface area contributed by atoms with E-state index in [1.165, 1.54) is 0 Å². The van der Waals surface area contributed by atoms with E-state index < -0.39 is 11.4 Å². The Hall–Kier alpha value is -0.650. The van der Waals surface area contributed by atoms with Gasteiger partial charge in [0.25, 0.3) is 0 Å². The zero-order valence-corrected chi connectivity index (χ0v) is 9.84. The van der Waals surface area contributed by atoms with E-state index >= 15 is 0 Å². The molecule has 0 spiro atoms. The normalized spacial score (nSPS) is 14.9. The van der Waals surface area contributed by atoms with Crippen LogP contribution in [0.2, 0.25) is 0 Å². The Morgan fingerprint density at radius 1 is 1.47 bits per heavy atom. The van der Waals surface area contributed by atoms with E-state index in [0.29, 0.717) is 13.2 Å². The molecule has 1 atom stereocenters. The van der Waals surface area contributed by atoms with Crippen molar-refractivity contribution >= 4 is 5.91 Å². The molecule has 0 fully saturated rings. The largest absolute Gasteiger partial charge is 0.382 e. The van der Waals surface area contributed by atoms with Crippen LogP contribution in [-0.4, -0.2) is 44.9 Å². The summed E-state index contributed by atoms with van der Waals surface area (Å²) >= 11 is 0. The first-order valence-electron chi connectivity index (χ1n) is 5.18. The van der Waals surface area contributed by atoms with Crippen molar-refractivity contribution in [1.29, 1.82) is 0 Å². The minimum absolute atomic E-state index is 0.270. The molecule has 0 aliphatic rings. The summed E-state index contributed by atoms with van der Waals surface area (Å²) in [5, 5.41) is 3.08. The summed E-state index contributed by atoms with van der Waals surface area (Å²) in [6, 6.07) is 0. The highest BCUT2D eigenvalue weighted by Gasteiger charge is 2.30. The van der Waals surface area contributed by atoms with Gasteiger partial charge in [0.2, 0.25) is 5.91 Å². The van der Waals surface area contributed by atoms with Gasteiger partial charge in [0.1, 0.15) is 5.54 Å². The molecule has 1 unspecified atom stereocenters. The molecule has 1 amide bonds. The van der Waals surface area contributed by atoms with Crippen molar-refractivity contribution in [1.82, 2.24) is 5.32 Å². The molecule has 0 aromatic rings. The summed E-state index contributed by atoms with van der Waals surface area (Å²) in [6.45, 7) is 5.77. The zero-order valence-electron chi connectivity index (χ0n) is 9.84. The Bertz CT molecular complexity index is 188. The SMILES string of the molecule is CCCNC(C)(COCCOC)C(N)=O. The van der Waals surface area contributed by atoms with Gasteiger partial charge in [0.15, 0.2) is 0 Å². The number of amides is 1. The maximum Gasteiger partial charge on any atom is 0.239 e. The third-order valence-electron chi connectivity index (χ3n) is 2.13. The molecule has 15 heavy (non-hydrogen) atoms. The van der Waals surface area contributed by atoms with Crippen LogP contribution in [0, 0.1) is 0 Å². The van der Waals surface area contributed by atoms with Crippen molar-refractivity contribution in [2.75, 3.05) is 33.5 Å². The van der Waals surface area contributed by atoms with Crippen LogP contribution in [-0.2, 0) is 14.3 Å². The molecule has 0 aliphatic carbocycles. The van der Waals surface area contributed by atoms with Gasteiger partial charge >= 0.3 is 0 Å². The van der Waals surface area contributed by atoms with Crippen LogP contribution in [0.25, 0.3) is 0 Å². The fourth-order valence-electron chi connectivity index (χ4n) is 1.03. The van der Waals surface area contributed by atoms with Crippen molar-refractivity contribution < 1.29 is 14.3 Å². The number of carbonyl (C=O) groups is 1. The van der Waals surface area contributed by atoms with Gasteiger partial charge in [-0.3, -0.25) is 4.79 Å². The van der Waals surface area contributed by atoms with Crippen LogP contribution >= 0.6 is 0 Å².